The minimum atomic E-state index is -0.647. The molecule has 1 aliphatic carbocycles. The first-order chi connectivity index (χ1) is 8.77. The Kier molecular flexibility index (Phi) is 4.59. The van der Waals surface area contributed by atoms with Crippen molar-refractivity contribution in [2.45, 2.75) is 44.8 Å². The van der Waals surface area contributed by atoms with Crippen LogP contribution in [0.4, 0.5) is 4.79 Å². The molecular weight excluding hydrogens is 230 g/mol. The Balaban J connectivity index is 1.80. The quantitative estimate of drug-likeness (QED) is 0.660. The highest BCUT2D eigenvalue weighted by Crippen LogP contribution is 2.22. The molecule has 1 amide bonds. The molecule has 0 atom stereocenters. The lowest BCUT2D eigenvalue weighted by atomic mass is 9.95. The van der Waals surface area contributed by atoms with Crippen molar-refractivity contribution in [3.63, 3.8) is 0 Å². The van der Waals surface area contributed by atoms with E-state index >= 15 is 0 Å². The molecule has 1 aromatic carbocycles. The Morgan fingerprint density at radius 3 is 2.56 bits per heavy atom. The summed E-state index contributed by atoms with van der Waals surface area (Å²) < 4.78 is 5.08. The fourth-order valence-corrected chi connectivity index (χ4v) is 2.26. The highest BCUT2D eigenvalue weighted by molar-refractivity contribution is 5.66. The van der Waals surface area contributed by atoms with Crippen LogP contribution in [0.5, 0.6) is 0 Å². The van der Waals surface area contributed by atoms with E-state index in [9.17, 15) is 10.0 Å². The zero-order valence-electron chi connectivity index (χ0n) is 10.4. The SMILES string of the molecule is O=C(OCc1ccccc1)N(O)C1CCCCC1. The van der Waals surface area contributed by atoms with E-state index in [1.165, 1.54) is 6.42 Å². The van der Waals surface area contributed by atoms with Crippen LogP contribution in [0.25, 0.3) is 0 Å². The number of rotatable bonds is 3. The summed E-state index contributed by atoms with van der Waals surface area (Å²) in [4.78, 5) is 11.7. The predicted octanol–water partition coefficient (Wildman–Crippen LogP) is 3.35. The molecule has 98 valence electrons. The number of carbonyl (C=O) groups excluding carboxylic acids is 1. The van der Waals surface area contributed by atoms with Crippen LogP contribution in [0.1, 0.15) is 37.7 Å². The van der Waals surface area contributed by atoms with E-state index in [2.05, 4.69) is 0 Å². The summed E-state index contributed by atoms with van der Waals surface area (Å²) in [6.07, 6.45) is 4.38. The number of carbonyl (C=O) groups is 1. The van der Waals surface area contributed by atoms with E-state index in [1.807, 2.05) is 30.3 Å². The molecule has 1 fully saturated rings. The summed E-state index contributed by atoms with van der Waals surface area (Å²) in [5.41, 5.74) is 0.919. The van der Waals surface area contributed by atoms with Crippen LogP contribution in [-0.4, -0.2) is 22.4 Å². The van der Waals surface area contributed by atoms with E-state index in [0.717, 1.165) is 36.3 Å². The lowest BCUT2D eigenvalue weighted by Gasteiger charge is -2.28. The van der Waals surface area contributed by atoms with Crippen molar-refractivity contribution in [3.05, 3.63) is 35.9 Å². The second-order valence-electron chi connectivity index (χ2n) is 4.68. The van der Waals surface area contributed by atoms with E-state index in [0.29, 0.717) is 0 Å². The molecule has 0 aliphatic heterocycles. The molecule has 0 heterocycles. The van der Waals surface area contributed by atoms with Crippen molar-refractivity contribution >= 4 is 6.09 Å². The van der Waals surface area contributed by atoms with Crippen LogP contribution in [0.15, 0.2) is 30.3 Å². The van der Waals surface area contributed by atoms with Gasteiger partial charge in [0.25, 0.3) is 0 Å². The standard InChI is InChI=1S/C14H19NO3/c16-14(15(17)13-9-5-2-6-10-13)18-11-12-7-3-1-4-8-12/h1,3-4,7-8,13,17H,2,5-6,9-11H2. The Hall–Kier alpha value is -1.55. The third-order valence-electron chi connectivity index (χ3n) is 3.31. The van der Waals surface area contributed by atoms with Crippen LogP contribution < -0.4 is 0 Å². The van der Waals surface area contributed by atoms with Crippen molar-refractivity contribution in [1.82, 2.24) is 5.06 Å². The minimum absolute atomic E-state index is 0.0815. The maximum atomic E-state index is 11.7. The highest BCUT2D eigenvalue weighted by atomic mass is 16.6. The molecule has 1 saturated carbocycles. The molecule has 4 nitrogen and oxygen atoms in total. The zero-order valence-corrected chi connectivity index (χ0v) is 10.4. The Morgan fingerprint density at radius 2 is 1.89 bits per heavy atom. The van der Waals surface area contributed by atoms with Crippen molar-refractivity contribution in [2.75, 3.05) is 0 Å². The van der Waals surface area contributed by atoms with Crippen molar-refractivity contribution in [1.29, 1.82) is 0 Å². The fourth-order valence-electron chi connectivity index (χ4n) is 2.26. The van der Waals surface area contributed by atoms with E-state index in [-0.39, 0.29) is 12.6 Å². The van der Waals surface area contributed by atoms with Gasteiger partial charge in [-0.1, -0.05) is 49.6 Å². The summed E-state index contributed by atoms with van der Waals surface area (Å²) in [6, 6.07) is 9.38. The van der Waals surface area contributed by atoms with E-state index in [1.54, 1.807) is 0 Å². The molecule has 0 bridgehead atoms. The number of hydroxylamine groups is 2. The van der Waals surface area contributed by atoms with Crippen LogP contribution in [0, 0.1) is 0 Å². The number of hydrogen-bond donors (Lipinski definition) is 1. The van der Waals surface area contributed by atoms with Crippen molar-refractivity contribution in [2.24, 2.45) is 0 Å². The molecule has 0 saturated heterocycles. The summed E-state index contributed by atoms with van der Waals surface area (Å²) in [5, 5.41) is 10.5. The highest BCUT2D eigenvalue weighted by Gasteiger charge is 2.25. The summed E-state index contributed by atoms with van der Waals surface area (Å²) in [6.45, 7) is 0.198. The predicted molar refractivity (Wildman–Crippen MR) is 67.1 cm³/mol. The molecular formula is C14H19NO3. The first-order valence-electron chi connectivity index (χ1n) is 6.46. The molecule has 0 unspecified atom stereocenters. The molecule has 1 N–H and O–H groups in total. The fraction of sp³-hybridized carbons (Fsp3) is 0.500. The second-order valence-corrected chi connectivity index (χ2v) is 4.68. The van der Waals surface area contributed by atoms with Gasteiger partial charge >= 0.3 is 6.09 Å². The van der Waals surface area contributed by atoms with Gasteiger partial charge < -0.3 is 4.74 Å². The Labute approximate surface area is 107 Å². The van der Waals surface area contributed by atoms with Crippen molar-refractivity contribution < 1.29 is 14.7 Å². The van der Waals surface area contributed by atoms with Gasteiger partial charge in [-0.2, -0.15) is 5.06 Å². The van der Waals surface area contributed by atoms with E-state index < -0.39 is 6.09 Å². The lowest BCUT2D eigenvalue weighted by Crippen LogP contribution is -2.39. The Bertz CT molecular complexity index is 374. The summed E-state index contributed by atoms with van der Waals surface area (Å²) in [7, 11) is 0. The van der Waals surface area contributed by atoms with Crippen LogP contribution in [0.3, 0.4) is 0 Å². The average molecular weight is 249 g/mol. The topological polar surface area (TPSA) is 49.8 Å². The molecule has 0 spiro atoms. The third-order valence-corrected chi connectivity index (χ3v) is 3.31. The lowest BCUT2D eigenvalue weighted by molar-refractivity contribution is -0.113. The van der Waals surface area contributed by atoms with E-state index in [4.69, 9.17) is 4.74 Å². The first kappa shape index (κ1) is 12.9. The van der Waals surface area contributed by atoms with Gasteiger partial charge in [-0.25, -0.2) is 4.79 Å². The molecule has 4 heteroatoms. The maximum Gasteiger partial charge on any atom is 0.434 e. The number of nitrogens with zero attached hydrogens (tertiary/aromatic N) is 1. The van der Waals surface area contributed by atoms with Crippen molar-refractivity contribution in [3.8, 4) is 0 Å². The van der Waals surface area contributed by atoms with Gasteiger partial charge in [-0.05, 0) is 18.4 Å². The van der Waals surface area contributed by atoms with Gasteiger partial charge in [-0.15, -0.1) is 0 Å². The molecule has 1 aliphatic rings. The zero-order chi connectivity index (χ0) is 12.8. The van der Waals surface area contributed by atoms with Crippen LogP contribution >= 0.6 is 0 Å². The van der Waals surface area contributed by atoms with Gasteiger partial charge in [0.1, 0.15) is 6.61 Å². The second kappa shape index (κ2) is 6.40. The van der Waals surface area contributed by atoms with Gasteiger partial charge in [0.15, 0.2) is 0 Å². The van der Waals surface area contributed by atoms with Crippen LogP contribution in [-0.2, 0) is 11.3 Å². The van der Waals surface area contributed by atoms with Gasteiger partial charge in [0.2, 0.25) is 0 Å². The van der Waals surface area contributed by atoms with Crippen LogP contribution in [0.2, 0.25) is 0 Å². The number of ether oxygens (including phenoxy) is 1. The largest absolute Gasteiger partial charge is 0.443 e. The third kappa shape index (κ3) is 3.47. The number of hydrogen-bond acceptors (Lipinski definition) is 3. The summed E-state index contributed by atoms with van der Waals surface area (Å²) in [5.74, 6) is 0. The normalized spacial score (nSPS) is 16.3. The number of amides is 1. The first-order valence-corrected chi connectivity index (χ1v) is 6.46. The smallest absolute Gasteiger partial charge is 0.434 e. The molecule has 2 rings (SSSR count). The maximum absolute atomic E-state index is 11.7. The van der Waals surface area contributed by atoms with Gasteiger partial charge in [-0.3, -0.25) is 5.21 Å². The molecule has 18 heavy (non-hydrogen) atoms. The molecule has 0 aromatic heterocycles. The average Bonchev–Trinajstić information content (AvgIpc) is 2.46. The molecule has 0 radical (unpaired) electrons. The Morgan fingerprint density at radius 1 is 1.22 bits per heavy atom. The summed E-state index contributed by atoms with van der Waals surface area (Å²) >= 11 is 0. The van der Waals surface area contributed by atoms with Gasteiger partial charge in [0.05, 0.1) is 6.04 Å². The monoisotopic (exact) mass is 249 g/mol. The molecule has 1 aromatic rings. The number of benzene rings is 1. The minimum Gasteiger partial charge on any atom is -0.443 e. The van der Waals surface area contributed by atoms with Gasteiger partial charge in [0, 0.05) is 0 Å².